The molecule has 0 bridgehead atoms. The summed E-state index contributed by atoms with van der Waals surface area (Å²) >= 11 is 0. The van der Waals surface area contributed by atoms with E-state index in [4.69, 9.17) is 0 Å². The van der Waals surface area contributed by atoms with Gasteiger partial charge in [0, 0.05) is 34.9 Å². The number of nitrogens with zero attached hydrogens (tertiary/aromatic N) is 1. The van der Waals surface area contributed by atoms with Crippen molar-refractivity contribution >= 4 is 28.2 Å². The molecule has 0 aliphatic heterocycles. The van der Waals surface area contributed by atoms with Crippen molar-refractivity contribution in [3.8, 4) is 0 Å². The van der Waals surface area contributed by atoms with Crippen LogP contribution in [0.4, 0.5) is 11.4 Å². The van der Waals surface area contributed by atoms with Gasteiger partial charge in [0.1, 0.15) is 0 Å². The molecule has 1 heterocycles. The van der Waals surface area contributed by atoms with Gasteiger partial charge in [0.15, 0.2) is 0 Å². The third-order valence-electron chi connectivity index (χ3n) is 4.76. The Hall–Kier alpha value is -3.15. The number of hydrogen-bond acceptors (Lipinski definition) is 3. The highest BCUT2D eigenvalue weighted by atomic mass is 16.6. The van der Waals surface area contributed by atoms with Crippen LogP contribution in [0.2, 0.25) is 0 Å². The van der Waals surface area contributed by atoms with Gasteiger partial charge in [0.2, 0.25) is 0 Å². The van der Waals surface area contributed by atoms with E-state index >= 15 is 0 Å². The van der Waals surface area contributed by atoms with E-state index in [-0.39, 0.29) is 11.6 Å². The predicted molar refractivity (Wildman–Crippen MR) is 96.0 cm³/mol. The lowest BCUT2D eigenvalue weighted by Gasteiger charge is -2.19. The average molecular weight is 335 g/mol. The van der Waals surface area contributed by atoms with Crippen LogP contribution in [0.15, 0.2) is 42.6 Å². The van der Waals surface area contributed by atoms with Crippen molar-refractivity contribution in [3.63, 3.8) is 0 Å². The van der Waals surface area contributed by atoms with Crippen molar-refractivity contribution in [1.29, 1.82) is 0 Å². The first kappa shape index (κ1) is 15.4. The first-order valence-electron chi connectivity index (χ1n) is 8.31. The second-order valence-electron chi connectivity index (χ2n) is 6.29. The van der Waals surface area contributed by atoms with E-state index in [1.54, 1.807) is 12.3 Å². The number of hydrogen-bond donors (Lipinski definition) is 2. The van der Waals surface area contributed by atoms with Gasteiger partial charge in [-0.15, -0.1) is 0 Å². The topological polar surface area (TPSA) is 88.0 Å². The molecule has 0 saturated heterocycles. The second kappa shape index (κ2) is 6.05. The molecule has 3 aromatic rings. The molecule has 6 nitrogen and oxygen atoms in total. The quantitative estimate of drug-likeness (QED) is 0.555. The van der Waals surface area contributed by atoms with Gasteiger partial charge >= 0.3 is 0 Å². The Balaban J connectivity index is 1.69. The standard InChI is InChI=1S/C19H17N3O3/c23-19(21-18-7-3-5-12-4-1-2-6-14(12)18)16-11-20-17-9-8-13(22(24)25)10-15(16)17/h3,5,7-11,20H,1-2,4,6H2,(H,21,23). The lowest BCUT2D eigenvalue weighted by atomic mass is 9.90. The van der Waals surface area contributed by atoms with Crippen molar-refractivity contribution in [2.45, 2.75) is 25.7 Å². The molecule has 25 heavy (non-hydrogen) atoms. The smallest absolute Gasteiger partial charge is 0.270 e. The highest BCUT2D eigenvalue weighted by molar-refractivity contribution is 6.13. The maximum absolute atomic E-state index is 12.8. The molecule has 0 radical (unpaired) electrons. The molecule has 0 unspecified atom stereocenters. The highest BCUT2D eigenvalue weighted by Gasteiger charge is 2.18. The number of benzene rings is 2. The van der Waals surface area contributed by atoms with Gasteiger partial charge in [-0.3, -0.25) is 14.9 Å². The van der Waals surface area contributed by atoms with Gasteiger partial charge in [0.05, 0.1) is 10.5 Å². The van der Waals surface area contributed by atoms with Crippen LogP contribution in [-0.4, -0.2) is 15.8 Å². The van der Waals surface area contributed by atoms with E-state index in [0.717, 1.165) is 24.9 Å². The molecular weight excluding hydrogens is 318 g/mol. The Bertz CT molecular complexity index is 991. The van der Waals surface area contributed by atoms with Crippen molar-refractivity contribution in [2.75, 3.05) is 5.32 Å². The molecule has 6 heteroatoms. The molecule has 0 atom stereocenters. The molecule has 1 aliphatic carbocycles. The lowest BCUT2D eigenvalue weighted by Crippen LogP contribution is -2.15. The van der Waals surface area contributed by atoms with Gasteiger partial charge in [-0.25, -0.2) is 0 Å². The molecular formula is C19H17N3O3. The summed E-state index contributed by atoms with van der Waals surface area (Å²) in [5.74, 6) is -0.259. The third kappa shape index (κ3) is 2.76. The number of aryl methyl sites for hydroxylation is 1. The monoisotopic (exact) mass is 335 g/mol. The number of non-ortho nitro benzene ring substituents is 1. The van der Waals surface area contributed by atoms with Gasteiger partial charge in [-0.2, -0.15) is 0 Å². The summed E-state index contributed by atoms with van der Waals surface area (Å²) in [5.41, 5.74) is 4.41. The SMILES string of the molecule is O=C(Nc1cccc2c1CCCC2)c1c[nH]c2ccc([N+](=O)[O-])cc12. The molecule has 0 fully saturated rings. The second-order valence-corrected chi connectivity index (χ2v) is 6.29. The molecule has 1 aliphatic rings. The van der Waals surface area contributed by atoms with E-state index in [1.807, 2.05) is 12.1 Å². The van der Waals surface area contributed by atoms with E-state index in [0.29, 0.717) is 16.5 Å². The van der Waals surface area contributed by atoms with Gasteiger partial charge in [-0.05, 0) is 48.9 Å². The van der Waals surface area contributed by atoms with Crippen LogP contribution < -0.4 is 5.32 Å². The fourth-order valence-corrected chi connectivity index (χ4v) is 3.50. The minimum Gasteiger partial charge on any atom is -0.360 e. The molecule has 0 spiro atoms. The number of nitro groups is 1. The average Bonchev–Trinajstić information content (AvgIpc) is 3.05. The Morgan fingerprint density at radius 2 is 2.00 bits per heavy atom. The largest absolute Gasteiger partial charge is 0.360 e. The van der Waals surface area contributed by atoms with E-state index in [1.165, 1.54) is 29.7 Å². The number of carbonyl (C=O) groups is 1. The number of anilines is 1. The number of amides is 1. The number of rotatable bonds is 3. The van der Waals surface area contributed by atoms with Crippen molar-refractivity contribution < 1.29 is 9.72 Å². The molecule has 1 aromatic heterocycles. The minimum atomic E-state index is -0.457. The maximum Gasteiger partial charge on any atom is 0.270 e. The van der Waals surface area contributed by atoms with Gasteiger partial charge < -0.3 is 10.3 Å². The van der Waals surface area contributed by atoms with Crippen LogP contribution in [0.25, 0.3) is 10.9 Å². The van der Waals surface area contributed by atoms with Gasteiger partial charge in [-0.1, -0.05) is 12.1 Å². The zero-order chi connectivity index (χ0) is 17.4. The predicted octanol–water partition coefficient (Wildman–Crippen LogP) is 4.21. The first-order chi connectivity index (χ1) is 12.1. The molecule has 4 rings (SSSR count). The Kier molecular flexibility index (Phi) is 3.72. The summed E-state index contributed by atoms with van der Waals surface area (Å²) in [7, 11) is 0. The van der Waals surface area contributed by atoms with Crippen LogP contribution in [0.5, 0.6) is 0 Å². The molecule has 0 saturated carbocycles. The molecule has 2 N–H and O–H groups in total. The maximum atomic E-state index is 12.8. The van der Waals surface area contributed by atoms with Crippen molar-refractivity contribution in [1.82, 2.24) is 4.98 Å². The number of carbonyl (C=O) groups excluding carboxylic acids is 1. The number of fused-ring (bicyclic) bond motifs is 2. The lowest BCUT2D eigenvalue weighted by molar-refractivity contribution is -0.384. The highest BCUT2D eigenvalue weighted by Crippen LogP contribution is 2.29. The minimum absolute atomic E-state index is 0.0294. The Morgan fingerprint density at radius 1 is 1.16 bits per heavy atom. The number of H-pyrrole nitrogens is 1. The number of aromatic amines is 1. The van der Waals surface area contributed by atoms with Crippen LogP contribution >= 0.6 is 0 Å². The van der Waals surface area contributed by atoms with Crippen LogP contribution in [-0.2, 0) is 12.8 Å². The van der Waals surface area contributed by atoms with Crippen LogP contribution in [0.3, 0.4) is 0 Å². The zero-order valence-corrected chi connectivity index (χ0v) is 13.5. The number of nitro benzene ring substituents is 1. The Morgan fingerprint density at radius 3 is 2.84 bits per heavy atom. The summed E-state index contributed by atoms with van der Waals surface area (Å²) in [6, 6.07) is 10.5. The normalized spacial score (nSPS) is 13.4. The van der Waals surface area contributed by atoms with E-state index in [2.05, 4.69) is 16.4 Å². The summed E-state index contributed by atoms with van der Waals surface area (Å²) in [5, 5.41) is 14.5. The fraction of sp³-hybridized carbons (Fsp3) is 0.211. The van der Waals surface area contributed by atoms with E-state index in [9.17, 15) is 14.9 Å². The fourth-order valence-electron chi connectivity index (χ4n) is 3.50. The molecule has 2 aromatic carbocycles. The first-order valence-corrected chi connectivity index (χ1v) is 8.31. The van der Waals surface area contributed by atoms with Crippen LogP contribution in [0, 0.1) is 10.1 Å². The van der Waals surface area contributed by atoms with Crippen molar-refractivity contribution in [3.05, 3.63) is 69.4 Å². The zero-order valence-electron chi connectivity index (χ0n) is 13.5. The third-order valence-corrected chi connectivity index (χ3v) is 4.76. The molecule has 1 amide bonds. The van der Waals surface area contributed by atoms with Crippen LogP contribution in [0.1, 0.15) is 34.3 Å². The summed E-state index contributed by atoms with van der Waals surface area (Å²) in [4.78, 5) is 26.3. The number of nitrogens with one attached hydrogen (secondary N) is 2. The number of aromatic nitrogens is 1. The summed E-state index contributed by atoms with van der Waals surface area (Å²) in [6.07, 6.45) is 5.90. The molecule has 126 valence electrons. The Labute approximate surface area is 144 Å². The van der Waals surface area contributed by atoms with Crippen molar-refractivity contribution in [2.24, 2.45) is 0 Å². The summed E-state index contributed by atoms with van der Waals surface area (Å²) < 4.78 is 0. The summed E-state index contributed by atoms with van der Waals surface area (Å²) in [6.45, 7) is 0. The van der Waals surface area contributed by atoms with Gasteiger partial charge in [0.25, 0.3) is 11.6 Å². The van der Waals surface area contributed by atoms with E-state index < -0.39 is 4.92 Å².